The fourth-order valence-electron chi connectivity index (χ4n) is 1.63. The minimum absolute atomic E-state index is 0.0565. The van der Waals surface area contributed by atoms with Gasteiger partial charge in [0, 0.05) is 6.54 Å². The maximum absolute atomic E-state index is 11.6. The molecule has 3 nitrogen and oxygen atoms in total. The molecule has 0 saturated carbocycles. The summed E-state index contributed by atoms with van der Waals surface area (Å²) in [5.41, 5.74) is -0.826. The van der Waals surface area contributed by atoms with Crippen LogP contribution in [0.25, 0.3) is 0 Å². The van der Waals surface area contributed by atoms with Crippen molar-refractivity contribution in [3.63, 3.8) is 0 Å². The van der Waals surface area contributed by atoms with Crippen LogP contribution in [0.4, 0.5) is 0 Å². The van der Waals surface area contributed by atoms with E-state index in [0.717, 1.165) is 0 Å². The molecule has 1 amide bonds. The summed E-state index contributed by atoms with van der Waals surface area (Å²) in [5.74, 6) is 0.603. The molecular formula is C12H24BrNO2. The van der Waals surface area contributed by atoms with Gasteiger partial charge in [-0.05, 0) is 25.2 Å². The maximum Gasteiger partial charge on any atom is 0.234 e. The lowest BCUT2D eigenvalue weighted by Gasteiger charge is -2.26. The van der Waals surface area contributed by atoms with E-state index < -0.39 is 5.60 Å². The first-order chi connectivity index (χ1) is 7.15. The highest BCUT2D eigenvalue weighted by Crippen LogP contribution is 2.16. The lowest BCUT2D eigenvalue weighted by Crippen LogP contribution is -2.44. The third-order valence-corrected chi connectivity index (χ3v) is 3.80. The number of amides is 1. The van der Waals surface area contributed by atoms with Crippen molar-refractivity contribution in [1.82, 2.24) is 5.32 Å². The summed E-state index contributed by atoms with van der Waals surface area (Å²) in [6.45, 7) is 10.1. The van der Waals surface area contributed by atoms with Crippen molar-refractivity contribution in [1.29, 1.82) is 0 Å². The van der Waals surface area contributed by atoms with Gasteiger partial charge in [-0.3, -0.25) is 4.79 Å². The predicted octanol–water partition coefficient (Wildman–Crippen LogP) is 2.32. The van der Waals surface area contributed by atoms with E-state index in [-0.39, 0.29) is 16.7 Å². The molecule has 0 aromatic carbocycles. The number of nitrogens with one attached hydrogen (secondary N) is 1. The van der Waals surface area contributed by atoms with E-state index in [1.807, 2.05) is 13.8 Å². The first-order valence-corrected chi connectivity index (χ1v) is 6.71. The highest BCUT2D eigenvalue weighted by Gasteiger charge is 2.25. The molecule has 2 N–H and O–H groups in total. The van der Waals surface area contributed by atoms with Crippen molar-refractivity contribution in [2.45, 2.75) is 51.5 Å². The maximum atomic E-state index is 11.6. The van der Waals surface area contributed by atoms with Gasteiger partial charge in [-0.15, -0.1) is 0 Å². The number of hydrogen-bond acceptors (Lipinski definition) is 2. The Morgan fingerprint density at radius 2 is 1.88 bits per heavy atom. The Balaban J connectivity index is 4.09. The molecule has 0 heterocycles. The van der Waals surface area contributed by atoms with Crippen molar-refractivity contribution in [2.24, 2.45) is 11.8 Å². The Labute approximate surface area is 107 Å². The zero-order valence-electron chi connectivity index (χ0n) is 10.9. The number of carbonyl (C=O) groups is 1. The number of halogens is 1. The second kappa shape index (κ2) is 6.60. The van der Waals surface area contributed by atoms with Gasteiger partial charge in [0.15, 0.2) is 0 Å². The normalized spacial score (nSPS) is 17.3. The Hall–Kier alpha value is -0.0900. The molecular weight excluding hydrogens is 270 g/mol. The summed E-state index contributed by atoms with van der Waals surface area (Å²) in [6.07, 6.45) is 0.682. The second-order valence-electron chi connectivity index (χ2n) is 5.46. The topological polar surface area (TPSA) is 49.3 Å². The van der Waals surface area contributed by atoms with Crippen LogP contribution in [0.1, 0.15) is 41.0 Å². The minimum atomic E-state index is -0.826. The molecule has 0 aromatic rings. The Bertz CT molecular complexity index is 227. The molecule has 0 aliphatic heterocycles. The lowest BCUT2D eigenvalue weighted by atomic mass is 9.94. The van der Waals surface area contributed by atoms with Gasteiger partial charge in [-0.1, -0.05) is 43.6 Å². The molecule has 96 valence electrons. The van der Waals surface area contributed by atoms with Crippen molar-refractivity contribution in [3.05, 3.63) is 0 Å². The second-order valence-corrected chi connectivity index (χ2v) is 6.45. The van der Waals surface area contributed by atoms with Crippen molar-refractivity contribution >= 4 is 21.8 Å². The number of aliphatic hydroxyl groups is 1. The smallest absolute Gasteiger partial charge is 0.234 e. The minimum Gasteiger partial charge on any atom is -0.388 e. The van der Waals surface area contributed by atoms with Crippen LogP contribution in [0.15, 0.2) is 0 Å². The fraction of sp³-hybridized carbons (Fsp3) is 0.917. The molecule has 2 unspecified atom stereocenters. The largest absolute Gasteiger partial charge is 0.388 e. The van der Waals surface area contributed by atoms with E-state index in [9.17, 15) is 9.90 Å². The summed E-state index contributed by atoms with van der Waals surface area (Å²) in [4.78, 5) is 11.5. The molecule has 0 spiro atoms. The third-order valence-electron chi connectivity index (χ3n) is 2.33. The van der Waals surface area contributed by atoms with Crippen LogP contribution in [0.3, 0.4) is 0 Å². The van der Waals surface area contributed by atoms with Gasteiger partial charge in [0.1, 0.15) is 0 Å². The summed E-state index contributed by atoms with van der Waals surface area (Å²) in [7, 11) is 0. The van der Waals surface area contributed by atoms with E-state index in [1.165, 1.54) is 0 Å². The Kier molecular flexibility index (Phi) is 6.56. The highest BCUT2D eigenvalue weighted by molar-refractivity contribution is 9.10. The quantitative estimate of drug-likeness (QED) is 0.739. The average Bonchev–Trinajstić information content (AvgIpc) is 2.10. The van der Waals surface area contributed by atoms with Gasteiger partial charge in [-0.2, -0.15) is 0 Å². The van der Waals surface area contributed by atoms with Crippen LogP contribution >= 0.6 is 15.9 Å². The zero-order valence-corrected chi connectivity index (χ0v) is 12.5. The molecule has 16 heavy (non-hydrogen) atoms. The number of hydrogen-bond donors (Lipinski definition) is 2. The van der Waals surface area contributed by atoms with Crippen LogP contribution in [0.5, 0.6) is 0 Å². The predicted molar refractivity (Wildman–Crippen MR) is 70.6 cm³/mol. The molecule has 0 radical (unpaired) electrons. The van der Waals surface area contributed by atoms with Gasteiger partial charge in [0.05, 0.1) is 10.4 Å². The number of carbonyl (C=O) groups excluding carboxylic acids is 1. The summed E-state index contributed by atoms with van der Waals surface area (Å²) in [5, 5.41) is 12.8. The SMILES string of the molecule is CC(C)CC(C)(O)CNC(=O)C(Br)C(C)C. The van der Waals surface area contributed by atoms with Gasteiger partial charge >= 0.3 is 0 Å². The summed E-state index contributed by atoms with van der Waals surface area (Å²) < 4.78 is 0. The average molecular weight is 294 g/mol. The van der Waals surface area contributed by atoms with Gasteiger partial charge in [0.2, 0.25) is 5.91 Å². The van der Waals surface area contributed by atoms with E-state index in [1.54, 1.807) is 6.92 Å². The first kappa shape index (κ1) is 15.9. The van der Waals surface area contributed by atoms with E-state index in [0.29, 0.717) is 18.9 Å². The third kappa shape index (κ3) is 6.48. The van der Waals surface area contributed by atoms with E-state index in [4.69, 9.17) is 0 Å². The molecule has 0 aliphatic carbocycles. The summed E-state index contributed by atoms with van der Waals surface area (Å²) >= 11 is 3.33. The Morgan fingerprint density at radius 1 is 1.38 bits per heavy atom. The first-order valence-electron chi connectivity index (χ1n) is 5.80. The van der Waals surface area contributed by atoms with Crippen molar-refractivity contribution in [2.75, 3.05) is 6.54 Å². The highest BCUT2D eigenvalue weighted by atomic mass is 79.9. The monoisotopic (exact) mass is 293 g/mol. The van der Waals surface area contributed by atoms with E-state index >= 15 is 0 Å². The van der Waals surface area contributed by atoms with Gasteiger partial charge < -0.3 is 10.4 Å². The van der Waals surface area contributed by atoms with Crippen LogP contribution in [0.2, 0.25) is 0 Å². The summed E-state index contributed by atoms with van der Waals surface area (Å²) in [6, 6.07) is 0. The standard InChI is InChI=1S/C12H24BrNO2/c1-8(2)6-12(5,16)7-14-11(15)10(13)9(3)4/h8-10,16H,6-7H2,1-5H3,(H,14,15). The van der Waals surface area contributed by atoms with Gasteiger partial charge in [0.25, 0.3) is 0 Å². The molecule has 0 fully saturated rings. The lowest BCUT2D eigenvalue weighted by molar-refractivity contribution is -0.122. The molecule has 0 aliphatic rings. The van der Waals surface area contributed by atoms with Crippen molar-refractivity contribution in [3.8, 4) is 0 Å². The van der Waals surface area contributed by atoms with E-state index in [2.05, 4.69) is 35.1 Å². The van der Waals surface area contributed by atoms with Crippen molar-refractivity contribution < 1.29 is 9.90 Å². The Morgan fingerprint density at radius 3 is 2.25 bits per heavy atom. The van der Waals surface area contributed by atoms with Crippen LogP contribution in [0, 0.1) is 11.8 Å². The molecule has 2 atom stereocenters. The number of rotatable bonds is 6. The van der Waals surface area contributed by atoms with Gasteiger partial charge in [-0.25, -0.2) is 0 Å². The molecule has 4 heteroatoms. The molecule has 0 bridgehead atoms. The number of alkyl halides is 1. The molecule has 0 rings (SSSR count). The zero-order chi connectivity index (χ0) is 12.9. The van der Waals surface area contributed by atoms with Crippen LogP contribution in [-0.4, -0.2) is 28.0 Å². The van der Waals surface area contributed by atoms with Crippen LogP contribution < -0.4 is 5.32 Å². The molecule has 0 aromatic heterocycles. The van der Waals surface area contributed by atoms with Crippen LogP contribution in [-0.2, 0) is 4.79 Å². The fourth-order valence-corrected chi connectivity index (χ4v) is 1.79. The molecule has 0 saturated heterocycles.